The predicted octanol–water partition coefficient (Wildman–Crippen LogP) is 0.447. The number of carbonyl (C=O) groups excluding carboxylic acids is 1. The van der Waals surface area contributed by atoms with Crippen molar-refractivity contribution in [2.45, 2.75) is 6.42 Å². The maximum absolute atomic E-state index is 12.4. The lowest BCUT2D eigenvalue weighted by molar-refractivity contribution is 0.0822. The van der Waals surface area contributed by atoms with Gasteiger partial charge in [-0.25, -0.2) is 0 Å². The van der Waals surface area contributed by atoms with E-state index in [1.54, 1.807) is 0 Å². The summed E-state index contributed by atoms with van der Waals surface area (Å²) in [6, 6.07) is 6.00. The average Bonchev–Trinajstić information content (AvgIpc) is 2.97. The van der Waals surface area contributed by atoms with Crippen LogP contribution in [-0.2, 0) is 6.42 Å². The van der Waals surface area contributed by atoms with Crippen molar-refractivity contribution >= 4 is 11.5 Å². The number of ketones is 1. The van der Waals surface area contributed by atoms with Crippen LogP contribution >= 0.6 is 0 Å². The van der Waals surface area contributed by atoms with Crippen LogP contribution in [0.5, 0.6) is 0 Å². The molecule has 0 saturated carbocycles. The molecule has 1 aromatic rings. The third kappa shape index (κ3) is 3.43. The minimum Gasteiger partial charge on any atom is -0.395 e. The first-order valence-electron chi connectivity index (χ1n) is 7.72. The fraction of sp³-hybridized carbons (Fsp3) is 0.562. The van der Waals surface area contributed by atoms with E-state index in [2.05, 4.69) is 15.1 Å². The smallest absolute Gasteiger partial charge is 0.176 e. The van der Waals surface area contributed by atoms with Gasteiger partial charge in [0.2, 0.25) is 0 Å². The Morgan fingerprint density at radius 2 is 1.95 bits per heavy atom. The number of rotatable bonds is 5. The molecule has 2 aliphatic rings. The third-order valence-electron chi connectivity index (χ3n) is 4.39. The topological polar surface area (TPSA) is 55.8 Å². The van der Waals surface area contributed by atoms with Crippen LogP contribution in [-0.4, -0.2) is 73.1 Å². The Morgan fingerprint density at radius 1 is 1.19 bits per heavy atom. The summed E-state index contributed by atoms with van der Waals surface area (Å²) in [5, 5.41) is 12.3. The Hall–Kier alpha value is -1.43. The quantitative estimate of drug-likeness (QED) is 0.771. The van der Waals surface area contributed by atoms with Gasteiger partial charge in [0.1, 0.15) is 0 Å². The number of anilines is 1. The zero-order chi connectivity index (χ0) is 14.7. The van der Waals surface area contributed by atoms with Crippen LogP contribution in [0.25, 0.3) is 0 Å². The molecule has 1 saturated heterocycles. The number of fused-ring (bicyclic) bond motifs is 1. The van der Waals surface area contributed by atoms with Crippen molar-refractivity contribution in [1.29, 1.82) is 0 Å². The van der Waals surface area contributed by atoms with Gasteiger partial charge in [-0.2, -0.15) is 0 Å². The summed E-state index contributed by atoms with van der Waals surface area (Å²) >= 11 is 0. The minimum atomic E-state index is 0.209. The summed E-state index contributed by atoms with van der Waals surface area (Å²) in [6.07, 6.45) is 1.01. The number of hydrogen-bond acceptors (Lipinski definition) is 5. The summed E-state index contributed by atoms with van der Waals surface area (Å²) in [4.78, 5) is 16.9. The highest BCUT2D eigenvalue weighted by molar-refractivity contribution is 5.98. The molecule has 0 radical (unpaired) electrons. The molecule has 0 aliphatic carbocycles. The Labute approximate surface area is 125 Å². The van der Waals surface area contributed by atoms with Gasteiger partial charge in [0.05, 0.1) is 13.2 Å². The summed E-state index contributed by atoms with van der Waals surface area (Å²) in [5.74, 6) is 0.209. The third-order valence-corrected chi connectivity index (χ3v) is 4.39. The Kier molecular flexibility index (Phi) is 4.53. The molecule has 0 aromatic heterocycles. The van der Waals surface area contributed by atoms with Gasteiger partial charge in [0, 0.05) is 50.5 Å². The number of benzene rings is 1. The van der Waals surface area contributed by atoms with Gasteiger partial charge in [-0.1, -0.05) is 0 Å². The molecule has 3 rings (SSSR count). The first-order valence-corrected chi connectivity index (χ1v) is 7.72. The molecular formula is C16H23N3O2. The maximum atomic E-state index is 12.4. The second-order valence-electron chi connectivity index (χ2n) is 5.81. The van der Waals surface area contributed by atoms with Crippen LogP contribution in [0.2, 0.25) is 0 Å². The molecule has 0 unspecified atom stereocenters. The van der Waals surface area contributed by atoms with Gasteiger partial charge in [0.25, 0.3) is 0 Å². The highest BCUT2D eigenvalue weighted by atomic mass is 16.3. The van der Waals surface area contributed by atoms with E-state index < -0.39 is 0 Å². The van der Waals surface area contributed by atoms with E-state index in [1.807, 2.05) is 18.2 Å². The summed E-state index contributed by atoms with van der Waals surface area (Å²) in [6.45, 7) is 6.08. The molecule has 21 heavy (non-hydrogen) atoms. The number of β-amino-alcohol motifs (C(OH)–C–C–N with tert-alkyl or cyclic N) is 1. The second kappa shape index (κ2) is 6.56. The van der Waals surface area contributed by atoms with Gasteiger partial charge < -0.3 is 10.4 Å². The number of carbonyl (C=O) groups is 1. The number of piperazine rings is 1. The number of nitrogens with zero attached hydrogens (tertiary/aromatic N) is 2. The Balaban J connectivity index is 1.55. The molecule has 5 nitrogen and oxygen atoms in total. The number of aliphatic hydroxyl groups excluding tert-OH is 1. The van der Waals surface area contributed by atoms with E-state index in [1.165, 1.54) is 11.3 Å². The molecule has 1 fully saturated rings. The van der Waals surface area contributed by atoms with Crippen LogP contribution in [0.15, 0.2) is 18.2 Å². The Bertz CT molecular complexity index is 510. The number of nitrogens with one attached hydrogen (secondary N) is 1. The molecule has 2 N–H and O–H groups in total. The minimum absolute atomic E-state index is 0.209. The van der Waals surface area contributed by atoms with Gasteiger partial charge >= 0.3 is 0 Å². The highest BCUT2D eigenvalue weighted by Gasteiger charge is 2.20. The van der Waals surface area contributed by atoms with Crippen molar-refractivity contribution in [3.8, 4) is 0 Å². The number of Topliss-reactive ketones (excluding diaryl/α,β-unsaturated/α-hetero) is 1. The predicted molar refractivity (Wildman–Crippen MR) is 82.9 cm³/mol. The van der Waals surface area contributed by atoms with Gasteiger partial charge in [-0.3, -0.25) is 14.6 Å². The van der Waals surface area contributed by atoms with E-state index in [9.17, 15) is 4.79 Å². The normalized spacial score (nSPS) is 19.3. The molecule has 2 aliphatic heterocycles. The van der Waals surface area contributed by atoms with Crippen molar-refractivity contribution in [2.75, 3.05) is 57.7 Å². The van der Waals surface area contributed by atoms with Crippen LogP contribution in [0, 0.1) is 0 Å². The summed E-state index contributed by atoms with van der Waals surface area (Å²) in [5.41, 5.74) is 3.26. The average molecular weight is 289 g/mol. The Morgan fingerprint density at radius 3 is 2.71 bits per heavy atom. The van der Waals surface area contributed by atoms with Crippen molar-refractivity contribution in [3.05, 3.63) is 29.3 Å². The zero-order valence-corrected chi connectivity index (χ0v) is 12.3. The van der Waals surface area contributed by atoms with Crippen LogP contribution < -0.4 is 5.32 Å². The van der Waals surface area contributed by atoms with E-state index in [0.29, 0.717) is 6.54 Å². The van der Waals surface area contributed by atoms with E-state index in [-0.39, 0.29) is 12.4 Å². The molecule has 114 valence electrons. The lowest BCUT2D eigenvalue weighted by Crippen LogP contribution is -2.48. The van der Waals surface area contributed by atoms with Crippen molar-refractivity contribution in [1.82, 2.24) is 9.80 Å². The number of hydrogen-bond donors (Lipinski definition) is 2. The monoisotopic (exact) mass is 289 g/mol. The molecular weight excluding hydrogens is 266 g/mol. The van der Waals surface area contributed by atoms with Crippen molar-refractivity contribution in [2.24, 2.45) is 0 Å². The molecule has 1 aromatic carbocycles. The maximum Gasteiger partial charge on any atom is 0.176 e. The molecule has 0 bridgehead atoms. The van der Waals surface area contributed by atoms with Crippen LogP contribution in [0.4, 0.5) is 5.69 Å². The molecule has 5 heteroatoms. The molecule has 2 heterocycles. The fourth-order valence-electron chi connectivity index (χ4n) is 3.09. The van der Waals surface area contributed by atoms with Gasteiger partial charge in [-0.05, 0) is 30.2 Å². The molecule has 0 amide bonds. The first-order chi connectivity index (χ1) is 10.3. The first kappa shape index (κ1) is 14.5. The van der Waals surface area contributed by atoms with Gasteiger partial charge in [-0.15, -0.1) is 0 Å². The lowest BCUT2D eigenvalue weighted by atomic mass is 10.0. The van der Waals surface area contributed by atoms with Crippen LogP contribution in [0.3, 0.4) is 0 Å². The van der Waals surface area contributed by atoms with Crippen molar-refractivity contribution in [3.63, 3.8) is 0 Å². The van der Waals surface area contributed by atoms with E-state index >= 15 is 0 Å². The highest BCUT2D eigenvalue weighted by Crippen LogP contribution is 2.23. The van der Waals surface area contributed by atoms with E-state index in [4.69, 9.17) is 5.11 Å². The standard InChI is InChI=1S/C16H23N3O2/c20-10-9-18-5-7-19(8-6-18)12-16(21)14-1-2-15-13(11-14)3-4-17-15/h1-2,11,17,20H,3-10,12H2. The van der Waals surface area contributed by atoms with Crippen molar-refractivity contribution < 1.29 is 9.90 Å². The second-order valence-corrected chi connectivity index (χ2v) is 5.81. The van der Waals surface area contributed by atoms with Gasteiger partial charge in [0.15, 0.2) is 5.78 Å². The largest absolute Gasteiger partial charge is 0.395 e. The fourth-order valence-corrected chi connectivity index (χ4v) is 3.09. The lowest BCUT2D eigenvalue weighted by Gasteiger charge is -2.33. The van der Waals surface area contributed by atoms with E-state index in [0.717, 1.165) is 51.3 Å². The zero-order valence-electron chi connectivity index (χ0n) is 12.3. The summed E-state index contributed by atoms with van der Waals surface area (Å²) < 4.78 is 0. The number of aliphatic hydroxyl groups is 1. The summed E-state index contributed by atoms with van der Waals surface area (Å²) in [7, 11) is 0. The molecule has 0 atom stereocenters. The van der Waals surface area contributed by atoms with Crippen LogP contribution in [0.1, 0.15) is 15.9 Å². The SMILES string of the molecule is O=C(CN1CCN(CCO)CC1)c1ccc2c(c1)CCN2. The molecule has 0 spiro atoms.